The third-order valence-electron chi connectivity index (χ3n) is 3.37. The monoisotopic (exact) mass is 313 g/mol. The van der Waals surface area contributed by atoms with Crippen LogP contribution in [0.4, 0.5) is 0 Å². The van der Waals surface area contributed by atoms with Gasteiger partial charge in [-0.2, -0.15) is 4.68 Å². The van der Waals surface area contributed by atoms with E-state index >= 15 is 0 Å². The van der Waals surface area contributed by atoms with Crippen molar-refractivity contribution in [3.05, 3.63) is 64.3 Å². The van der Waals surface area contributed by atoms with Crippen LogP contribution in [0.15, 0.2) is 56.3 Å². The number of rotatable bonds is 5. The molecule has 0 saturated heterocycles. The van der Waals surface area contributed by atoms with Gasteiger partial charge in [0.2, 0.25) is 5.91 Å². The minimum absolute atomic E-state index is 0.0479. The average Bonchev–Trinajstić information content (AvgIpc) is 3.17. The normalized spacial score (nSPS) is 10.7. The Kier molecular flexibility index (Phi) is 4.09. The molecular formula is C16H15N3O4. The predicted molar refractivity (Wildman–Crippen MR) is 81.5 cm³/mol. The van der Waals surface area contributed by atoms with E-state index in [1.807, 2.05) is 31.2 Å². The summed E-state index contributed by atoms with van der Waals surface area (Å²) in [5.74, 6) is -0.648. The molecule has 3 aromatic rings. The van der Waals surface area contributed by atoms with Gasteiger partial charge in [0.1, 0.15) is 6.54 Å². The van der Waals surface area contributed by atoms with Crippen molar-refractivity contribution in [3.63, 3.8) is 0 Å². The highest BCUT2D eigenvalue weighted by Crippen LogP contribution is 2.14. The molecule has 0 bridgehead atoms. The van der Waals surface area contributed by atoms with Gasteiger partial charge in [0.15, 0.2) is 5.76 Å². The lowest BCUT2D eigenvalue weighted by atomic mass is 10.1. The Labute approximate surface area is 131 Å². The SMILES string of the molecule is Cc1ccccc1CNC(=O)Cn1nc(-c2ccco2)oc1=O. The maximum absolute atomic E-state index is 12.0. The Balaban J connectivity index is 1.64. The zero-order chi connectivity index (χ0) is 16.2. The van der Waals surface area contributed by atoms with E-state index in [4.69, 9.17) is 8.83 Å². The second kappa shape index (κ2) is 6.35. The summed E-state index contributed by atoms with van der Waals surface area (Å²) in [7, 11) is 0. The molecule has 0 aliphatic rings. The van der Waals surface area contributed by atoms with Gasteiger partial charge in [0.25, 0.3) is 5.89 Å². The van der Waals surface area contributed by atoms with E-state index in [0.29, 0.717) is 12.3 Å². The second-order valence-corrected chi connectivity index (χ2v) is 5.01. The molecule has 0 radical (unpaired) electrons. The molecule has 0 atom stereocenters. The Bertz CT molecular complexity index is 862. The lowest BCUT2D eigenvalue weighted by Gasteiger charge is -2.07. The number of nitrogens with one attached hydrogen (secondary N) is 1. The Morgan fingerprint density at radius 1 is 1.26 bits per heavy atom. The fourth-order valence-corrected chi connectivity index (χ4v) is 2.10. The van der Waals surface area contributed by atoms with Gasteiger partial charge in [-0.3, -0.25) is 4.79 Å². The van der Waals surface area contributed by atoms with E-state index in [9.17, 15) is 9.59 Å². The van der Waals surface area contributed by atoms with Gasteiger partial charge in [-0.05, 0) is 30.2 Å². The molecule has 0 fully saturated rings. The molecule has 0 unspecified atom stereocenters. The van der Waals surface area contributed by atoms with Crippen molar-refractivity contribution in [2.75, 3.05) is 0 Å². The highest BCUT2D eigenvalue weighted by Gasteiger charge is 2.14. The Morgan fingerprint density at radius 2 is 2.09 bits per heavy atom. The van der Waals surface area contributed by atoms with Crippen molar-refractivity contribution in [1.29, 1.82) is 0 Å². The first kappa shape index (κ1) is 14.8. The molecule has 0 aliphatic heterocycles. The molecule has 0 aliphatic carbocycles. The van der Waals surface area contributed by atoms with Crippen molar-refractivity contribution in [1.82, 2.24) is 15.1 Å². The maximum atomic E-state index is 12.0. The summed E-state index contributed by atoms with van der Waals surface area (Å²) >= 11 is 0. The highest BCUT2D eigenvalue weighted by molar-refractivity contribution is 5.75. The summed E-state index contributed by atoms with van der Waals surface area (Å²) in [5, 5.41) is 6.70. The Morgan fingerprint density at radius 3 is 2.83 bits per heavy atom. The zero-order valence-corrected chi connectivity index (χ0v) is 12.5. The number of hydrogen-bond acceptors (Lipinski definition) is 5. The van der Waals surface area contributed by atoms with Crippen molar-refractivity contribution in [2.24, 2.45) is 0 Å². The van der Waals surface area contributed by atoms with Gasteiger partial charge in [0, 0.05) is 6.54 Å². The summed E-state index contributed by atoms with van der Waals surface area (Å²) in [4.78, 5) is 23.7. The van der Waals surface area contributed by atoms with E-state index in [2.05, 4.69) is 10.4 Å². The van der Waals surface area contributed by atoms with Crippen LogP contribution in [0.2, 0.25) is 0 Å². The number of benzene rings is 1. The molecule has 7 heteroatoms. The van der Waals surface area contributed by atoms with Crippen LogP contribution < -0.4 is 11.1 Å². The van der Waals surface area contributed by atoms with Crippen LogP contribution in [0.3, 0.4) is 0 Å². The molecule has 1 aromatic carbocycles. The second-order valence-electron chi connectivity index (χ2n) is 5.01. The van der Waals surface area contributed by atoms with Crippen molar-refractivity contribution in [2.45, 2.75) is 20.0 Å². The summed E-state index contributed by atoms with van der Waals surface area (Å²) in [6.07, 6.45) is 1.45. The van der Waals surface area contributed by atoms with Gasteiger partial charge in [-0.1, -0.05) is 24.3 Å². The highest BCUT2D eigenvalue weighted by atomic mass is 16.4. The Hall–Kier alpha value is -3.09. The number of carbonyl (C=O) groups excluding carboxylic acids is 1. The van der Waals surface area contributed by atoms with Gasteiger partial charge >= 0.3 is 5.76 Å². The van der Waals surface area contributed by atoms with Gasteiger partial charge < -0.3 is 14.2 Å². The van der Waals surface area contributed by atoms with Crippen LogP contribution in [0.25, 0.3) is 11.7 Å². The lowest BCUT2D eigenvalue weighted by molar-refractivity contribution is -0.122. The smallest absolute Gasteiger partial charge is 0.437 e. The van der Waals surface area contributed by atoms with Gasteiger partial charge in [-0.15, -0.1) is 5.10 Å². The molecule has 3 rings (SSSR count). The van der Waals surface area contributed by atoms with Crippen molar-refractivity contribution >= 4 is 5.91 Å². The number of aryl methyl sites for hydroxylation is 1. The first-order valence-corrected chi connectivity index (χ1v) is 7.06. The average molecular weight is 313 g/mol. The number of aromatic nitrogens is 2. The molecule has 2 heterocycles. The number of amides is 1. The van der Waals surface area contributed by atoms with E-state index in [1.165, 1.54) is 6.26 Å². The largest absolute Gasteiger partial charge is 0.459 e. The summed E-state index contributed by atoms with van der Waals surface area (Å²) in [6.45, 7) is 2.15. The number of hydrogen-bond donors (Lipinski definition) is 1. The van der Waals surface area contributed by atoms with Crippen molar-refractivity contribution in [3.8, 4) is 11.7 Å². The summed E-state index contributed by atoms with van der Waals surface area (Å²) in [5.41, 5.74) is 2.11. The maximum Gasteiger partial charge on any atom is 0.437 e. The van der Waals surface area contributed by atoms with Crippen LogP contribution in [0.5, 0.6) is 0 Å². The number of carbonyl (C=O) groups is 1. The van der Waals surface area contributed by atoms with E-state index in [1.54, 1.807) is 12.1 Å². The van der Waals surface area contributed by atoms with Gasteiger partial charge in [-0.25, -0.2) is 4.79 Å². The minimum atomic E-state index is -0.706. The molecule has 0 saturated carbocycles. The fraction of sp³-hybridized carbons (Fsp3) is 0.188. The van der Waals surface area contributed by atoms with Crippen LogP contribution >= 0.6 is 0 Å². The summed E-state index contributed by atoms with van der Waals surface area (Å²) < 4.78 is 11.0. The lowest BCUT2D eigenvalue weighted by Crippen LogP contribution is -2.31. The quantitative estimate of drug-likeness (QED) is 0.774. The van der Waals surface area contributed by atoms with Crippen LogP contribution in [0, 0.1) is 6.92 Å². The number of nitrogens with zero attached hydrogens (tertiary/aromatic N) is 2. The third kappa shape index (κ3) is 3.39. The molecule has 0 spiro atoms. The molecule has 1 N–H and O–H groups in total. The predicted octanol–water partition coefficient (Wildman–Crippen LogP) is 1.72. The fourth-order valence-electron chi connectivity index (χ4n) is 2.10. The summed E-state index contributed by atoms with van der Waals surface area (Å²) in [6, 6.07) is 11.0. The van der Waals surface area contributed by atoms with E-state index in [0.717, 1.165) is 15.8 Å². The van der Waals surface area contributed by atoms with E-state index in [-0.39, 0.29) is 18.3 Å². The standard InChI is InChI=1S/C16H15N3O4/c1-11-5-2-3-6-12(11)9-17-14(20)10-19-16(21)23-15(18-19)13-7-4-8-22-13/h2-8H,9-10H2,1H3,(H,17,20). The molecule has 118 valence electrons. The number of furan rings is 1. The van der Waals surface area contributed by atoms with Crippen LogP contribution in [-0.2, 0) is 17.9 Å². The molecule has 7 nitrogen and oxygen atoms in total. The molecule has 2 aromatic heterocycles. The molecule has 23 heavy (non-hydrogen) atoms. The zero-order valence-electron chi connectivity index (χ0n) is 12.5. The molecular weight excluding hydrogens is 298 g/mol. The van der Waals surface area contributed by atoms with E-state index < -0.39 is 5.76 Å². The third-order valence-corrected chi connectivity index (χ3v) is 3.37. The topological polar surface area (TPSA) is 90.3 Å². The van der Waals surface area contributed by atoms with Crippen LogP contribution in [0.1, 0.15) is 11.1 Å². The first-order chi connectivity index (χ1) is 11.1. The molecule has 1 amide bonds. The van der Waals surface area contributed by atoms with Gasteiger partial charge in [0.05, 0.1) is 6.26 Å². The first-order valence-electron chi connectivity index (χ1n) is 7.06. The van der Waals surface area contributed by atoms with Crippen LogP contribution in [-0.4, -0.2) is 15.7 Å². The minimum Gasteiger partial charge on any atom is -0.459 e. The van der Waals surface area contributed by atoms with Crippen molar-refractivity contribution < 1.29 is 13.6 Å².